The number of aryl methyl sites for hydroxylation is 1. The maximum Gasteiger partial charge on any atom is 0.248 e. The third kappa shape index (κ3) is 2.55. The maximum atomic E-state index is 4.14. The zero-order valence-corrected chi connectivity index (χ0v) is 14.0. The Kier molecular flexibility index (Phi) is 3.46. The molecule has 1 atom stereocenters. The lowest BCUT2D eigenvalue weighted by molar-refractivity contribution is 0.583. The van der Waals surface area contributed by atoms with Crippen molar-refractivity contribution in [2.75, 3.05) is 5.32 Å². The van der Waals surface area contributed by atoms with Crippen LogP contribution in [0.15, 0.2) is 59.1 Å². The fraction of sp³-hybridized carbons (Fsp3) is 0.118. The van der Waals surface area contributed by atoms with E-state index < -0.39 is 0 Å². The number of rotatable bonds is 2. The number of anilines is 1. The van der Waals surface area contributed by atoms with Crippen LogP contribution in [0.5, 0.6) is 0 Å². The summed E-state index contributed by atoms with van der Waals surface area (Å²) in [4.78, 5) is 0. The van der Waals surface area contributed by atoms with Gasteiger partial charge in [0.05, 0.1) is 0 Å². The summed E-state index contributed by atoms with van der Waals surface area (Å²) >= 11 is 3.47. The van der Waals surface area contributed by atoms with Gasteiger partial charge in [0, 0.05) is 10.2 Å². The number of nitrogens with zero attached hydrogens (tertiary/aromatic N) is 4. The number of aromatic nitrogens is 4. The van der Waals surface area contributed by atoms with E-state index in [-0.39, 0.29) is 6.04 Å². The molecule has 0 amide bonds. The number of benzene rings is 2. The minimum atomic E-state index is -0.0268. The van der Waals surface area contributed by atoms with Gasteiger partial charge >= 0.3 is 0 Å². The van der Waals surface area contributed by atoms with Crippen molar-refractivity contribution in [3.05, 3.63) is 75.8 Å². The molecule has 1 aliphatic heterocycles. The Labute approximate surface area is 142 Å². The van der Waals surface area contributed by atoms with E-state index in [4.69, 9.17) is 0 Å². The lowest BCUT2D eigenvalue weighted by atomic mass is 9.98. The first-order valence-electron chi connectivity index (χ1n) is 7.30. The summed E-state index contributed by atoms with van der Waals surface area (Å²) in [7, 11) is 0. The number of allylic oxidation sites excluding steroid dienone is 1. The molecule has 4 rings (SSSR count). The molecule has 0 saturated carbocycles. The van der Waals surface area contributed by atoms with Gasteiger partial charge in [-0.25, -0.2) is 0 Å². The Morgan fingerprint density at radius 3 is 2.65 bits per heavy atom. The van der Waals surface area contributed by atoms with Crippen molar-refractivity contribution in [3.8, 4) is 0 Å². The molecule has 0 unspecified atom stereocenters. The summed E-state index contributed by atoms with van der Waals surface area (Å²) in [6.07, 6.45) is 2.16. The van der Waals surface area contributed by atoms with Gasteiger partial charge < -0.3 is 5.32 Å². The van der Waals surface area contributed by atoms with Crippen LogP contribution in [-0.4, -0.2) is 20.2 Å². The van der Waals surface area contributed by atoms with E-state index in [0.717, 1.165) is 15.7 Å². The second-order valence-electron chi connectivity index (χ2n) is 5.46. The highest BCUT2D eigenvalue weighted by molar-refractivity contribution is 9.10. The van der Waals surface area contributed by atoms with Crippen LogP contribution < -0.4 is 5.32 Å². The van der Waals surface area contributed by atoms with E-state index in [9.17, 15) is 0 Å². The zero-order valence-electron chi connectivity index (χ0n) is 12.4. The highest BCUT2D eigenvalue weighted by Crippen LogP contribution is 2.33. The van der Waals surface area contributed by atoms with Crippen LogP contribution in [0.1, 0.15) is 22.7 Å². The Bertz CT molecular complexity index is 882. The molecule has 0 saturated heterocycles. The van der Waals surface area contributed by atoms with E-state index in [1.165, 1.54) is 11.1 Å². The van der Waals surface area contributed by atoms with Gasteiger partial charge in [0.2, 0.25) is 5.95 Å². The van der Waals surface area contributed by atoms with Crippen LogP contribution in [-0.2, 0) is 0 Å². The van der Waals surface area contributed by atoms with Crippen LogP contribution in [0.25, 0.3) is 5.70 Å². The molecule has 23 heavy (non-hydrogen) atoms. The summed E-state index contributed by atoms with van der Waals surface area (Å²) in [6.45, 7) is 2.11. The van der Waals surface area contributed by atoms with Crippen LogP contribution in [0.3, 0.4) is 0 Å². The fourth-order valence-electron chi connectivity index (χ4n) is 2.79. The molecule has 6 heteroatoms. The lowest BCUT2D eigenvalue weighted by Crippen LogP contribution is -2.20. The molecule has 0 fully saturated rings. The summed E-state index contributed by atoms with van der Waals surface area (Å²) in [5.41, 5.74) is 4.51. The number of tetrazole rings is 1. The first-order chi connectivity index (χ1) is 11.2. The van der Waals surface area contributed by atoms with Crippen molar-refractivity contribution in [1.82, 2.24) is 20.2 Å². The SMILES string of the molecule is Cc1ccccc1[C@@H]1C=C(c2ccc(Br)cc2)Nc2nnnn21. The molecular weight excluding hydrogens is 354 g/mol. The van der Waals surface area contributed by atoms with Crippen LogP contribution in [0.2, 0.25) is 0 Å². The first kappa shape index (κ1) is 14.1. The third-order valence-corrected chi connectivity index (χ3v) is 4.52. The van der Waals surface area contributed by atoms with Crippen LogP contribution >= 0.6 is 15.9 Å². The van der Waals surface area contributed by atoms with E-state index in [2.05, 4.69) is 74.0 Å². The van der Waals surface area contributed by atoms with E-state index >= 15 is 0 Å². The summed E-state index contributed by atoms with van der Waals surface area (Å²) in [5.74, 6) is 0.652. The number of hydrogen-bond donors (Lipinski definition) is 1. The minimum Gasteiger partial charge on any atom is -0.323 e. The van der Waals surface area contributed by atoms with Gasteiger partial charge in [0.25, 0.3) is 0 Å². The van der Waals surface area contributed by atoms with Crippen molar-refractivity contribution < 1.29 is 0 Å². The second-order valence-corrected chi connectivity index (χ2v) is 6.38. The van der Waals surface area contributed by atoms with E-state index in [1.54, 1.807) is 0 Å². The number of nitrogens with one attached hydrogen (secondary N) is 1. The molecule has 1 aromatic heterocycles. The zero-order chi connectivity index (χ0) is 15.8. The quantitative estimate of drug-likeness (QED) is 0.748. The topological polar surface area (TPSA) is 55.6 Å². The molecule has 0 aliphatic carbocycles. The van der Waals surface area contributed by atoms with E-state index in [1.807, 2.05) is 28.9 Å². The second kappa shape index (κ2) is 5.62. The highest BCUT2D eigenvalue weighted by atomic mass is 79.9. The van der Waals surface area contributed by atoms with Crippen molar-refractivity contribution >= 4 is 27.6 Å². The molecule has 0 spiro atoms. The van der Waals surface area contributed by atoms with Crippen LogP contribution in [0.4, 0.5) is 5.95 Å². The molecule has 5 nitrogen and oxygen atoms in total. The summed E-state index contributed by atoms with van der Waals surface area (Å²) in [6, 6.07) is 16.5. The molecular formula is C17H14BrN5. The molecule has 1 N–H and O–H groups in total. The maximum absolute atomic E-state index is 4.14. The average molecular weight is 368 g/mol. The Balaban J connectivity index is 1.83. The number of halogens is 1. The van der Waals surface area contributed by atoms with Gasteiger partial charge in [-0.3, -0.25) is 0 Å². The third-order valence-electron chi connectivity index (χ3n) is 3.99. The van der Waals surface area contributed by atoms with Gasteiger partial charge in [-0.2, -0.15) is 4.68 Å². The molecule has 2 aromatic carbocycles. The predicted molar refractivity (Wildman–Crippen MR) is 92.9 cm³/mol. The van der Waals surface area contributed by atoms with Crippen molar-refractivity contribution in [2.45, 2.75) is 13.0 Å². The van der Waals surface area contributed by atoms with Crippen molar-refractivity contribution in [2.24, 2.45) is 0 Å². The summed E-state index contributed by atoms with van der Waals surface area (Å²) < 4.78 is 2.86. The van der Waals surface area contributed by atoms with Crippen molar-refractivity contribution in [1.29, 1.82) is 0 Å². The summed E-state index contributed by atoms with van der Waals surface area (Å²) in [5, 5.41) is 15.4. The Morgan fingerprint density at radius 1 is 1.09 bits per heavy atom. The van der Waals surface area contributed by atoms with Gasteiger partial charge in [-0.15, -0.1) is 0 Å². The molecule has 3 aromatic rings. The standard InChI is InChI=1S/C17H14BrN5/c1-11-4-2-3-5-14(11)16-10-15(12-6-8-13(18)9-7-12)19-17-20-21-22-23(16)17/h2-10,16H,1H3,(H,19,20,22)/t16-/m0/s1. The number of fused-ring (bicyclic) bond motifs is 1. The van der Waals surface area contributed by atoms with Gasteiger partial charge in [0.1, 0.15) is 6.04 Å². The largest absolute Gasteiger partial charge is 0.323 e. The van der Waals surface area contributed by atoms with Gasteiger partial charge in [-0.1, -0.05) is 57.4 Å². The van der Waals surface area contributed by atoms with E-state index in [0.29, 0.717) is 5.95 Å². The molecule has 0 radical (unpaired) electrons. The predicted octanol–water partition coefficient (Wildman–Crippen LogP) is 3.80. The number of hydrogen-bond acceptors (Lipinski definition) is 4. The average Bonchev–Trinajstić information content (AvgIpc) is 3.04. The van der Waals surface area contributed by atoms with Crippen LogP contribution in [0, 0.1) is 6.92 Å². The van der Waals surface area contributed by atoms with Gasteiger partial charge in [0.15, 0.2) is 0 Å². The molecule has 114 valence electrons. The fourth-order valence-corrected chi connectivity index (χ4v) is 3.06. The van der Waals surface area contributed by atoms with Gasteiger partial charge in [-0.05, 0) is 52.2 Å². The highest BCUT2D eigenvalue weighted by Gasteiger charge is 2.25. The minimum absolute atomic E-state index is 0.0268. The Morgan fingerprint density at radius 2 is 1.87 bits per heavy atom. The lowest BCUT2D eigenvalue weighted by Gasteiger charge is -2.24. The first-order valence-corrected chi connectivity index (χ1v) is 8.10. The molecule has 1 aliphatic rings. The normalized spacial score (nSPS) is 16.4. The smallest absolute Gasteiger partial charge is 0.248 e. The molecule has 2 heterocycles. The monoisotopic (exact) mass is 367 g/mol. The molecule has 0 bridgehead atoms. The van der Waals surface area contributed by atoms with Crippen molar-refractivity contribution in [3.63, 3.8) is 0 Å². The Hall–Kier alpha value is -2.47.